The molecule has 2 aromatic heterocycles. The molecule has 0 fully saturated rings. The zero-order chi connectivity index (χ0) is 13.0. The first-order valence-electron chi connectivity index (χ1n) is 5.71. The molecular formula is C12H14ClN3OS. The largest absolute Gasteiger partial charge is 0.299 e. The topological polar surface area (TPSA) is 47.8 Å². The van der Waals surface area contributed by atoms with Crippen LogP contribution in [0.1, 0.15) is 22.8 Å². The van der Waals surface area contributed by atoms with E-state index in [-0.39, 0.29) is 5.56 Å². The molecule has 0 aliphatic rings. The lowest BCUT2D eigenvalue weighted by Crippen LogP contribution is -2.20. The molecule has 0 saturated heterocycles. The molecule has 4 nitrogen and oxygen atoms in total. The molecule has 18 heavy (non-hydrogen) atoms. The number of aromatic nitrogens is 3. The van der Waals surface area contributed by atoms with Crippen molar-refractivity contribution in [1.82, 2.24) is 14.5 Å². The molecule has 96 valence electrons. The SMILES string of the molecule is Cc1cc(=O)n(CCCc2nc(CCl)cs2)cn1. The van der Waals surface area contributed by atoms with Crippen molar-refractivity contribution < 1.29 is 0 Å². The van der Waals surface area contributed by atoms with Crippen LogP contribution in [-0.4, -0.2) is 14.5 Å². The molecule has 2 rings (SSSR count). The maximum Gasteiger partial charge on any atom is 0.253 e. The number of hydrogen-bond acceptors (Lipinski definition) is 4. The van der Waals surface area contributed by atoms with Gasteiger partial charge in [0, 0.05) is 30.1 Å². The van der Waals surface area contributed by atoms with E-state index in [9.17, 15) is 4.79 Å². The standard InChI is InChI=1S/C12H14ClN3OS/c1-9-5-12(17)16(8-14-9)4-2-3-11-15-10(6-13)7-18-11/h5,7-8H,2-4,6H2,1H3. The van der Waals surface area contributed by atoms with E-state index in [4.69, 9.17) is 11.6 Å². The van der Waals surface area contributed by atoms with Gasteiger partial charge in [-0.1, -0.05) is 0 Å². The average molecular weight is 284 g/mol. The fourth-order valence-corrected chi connectivity index (χ4v) is 2.68. The molecule has 0 amide bonds. The molecule has 6 heteroatoms. The summed E-state index contributed by atoms with van der Waals surface area (Å²) in [6.45, 7) is 2.48. The van der Waals surface area contributed by atoms with E-state index < -0.39 is 0 Å². The molecule has 0 bridgehead atoms. The first-order valence-corrected chi connectivity index (χ1v) is 7.13. The van der Waals surface area contributed by atoms with Gasteiger partial charge in [0.25, 0.3) is 5.56 Å². The zero-order valence-corrected chi connectivity index (χ0v) is 11.7. The van der Waals surface area contributed by atoms with Gasteiger partial charge in [0.15, 0.2) is 0 Å². The van der Waals surface area contributed by atoms with Crippen LogP contribution in [0.2, 0.25) is 0 Å². The van der Waals surface area contributed by atoms with Crippen molar-refractivity contribution in [3.63, 3.8) is 0 Å². The Morgan fingerprint density at radius 1 is 1.50 bits per heavy atom. The lowest BCUT2D eigenvalue weighted by Gasteiger charge is -2.03. The van der Waals surface area contributed by atoms with E-state index in [0.29, 0.717) is 12.4 Å². The fraction of sp³-hybridized carbons (Fsp3) is 0.417. The predicted octanol–water partition coefficient (Wildman–Crippen LogP) is 2.38. The summed E-state index contributed by atoms with van der Waals surface area (Å²) in [4.78, 5) is 20.1. The minimum Gasteiger partial charge on any atom is -0.299 e. The molecule has 0 aliphatic carbocycles. The Labute approximate surface area is 114 Å². The zero-order valence-electron chi connectivity index (χ0n) is 10.1. The van der Waals surface area contributed by atoms with Gasteiger partial charge in [-0.05, 0) is 13.3 Å². The Hall–Kier alpha value is -1.20. The molecule has 0 N–H and O–H groups in total. The fourth-order valence-electron chi connectivity index (χ4n) is 1.61. The Morgan fingerprint density at radius 3 is 3.00 bits per heavy atom. The lowest BCUT2D eigenvalue weighted by molar-refractivity contribution is 0.608. The quantitative estimate of drug-likeness (QED) is 0.792. The van der Waals surface area contributed by atoms with E-state index >= 15 is 0 Å². The summed E-state index contributed by atoms with van der Waals surface area (Å²) >= 11 is 7.31. The highest BCUT2D eigenvalue weighted by Crippen LogP contribution is 2.13. The van der Waals surface area contributed by atoms with Gasteiger partial charge in [-0.3, -0.25) is 9.36 Å². The van der Waals surface area contributed by atoms with Crippen LogP contribution in [0.15, 0.2) is 22.6 Å². The third-order valence-electron chi connectivity index (χ3n) is 2.54. The number of thiazole rings is 1. The van der Waals surface area contributed by atoms with E-state index in [1.54, 1.807) is 28.3 Å². The van der Waals surface area contributed by atoms with Gasteiger partial charge in [-0.25, -0.2) is 9.97 Å². The molecule has 0 aliphatic heterocycles. The van der Waals surface area contributed by atoms with Crippen LogP contribution < -0.4 is 5.56 Å². The van der Waals surface area contributed by atoms with Crippen LogP contribution in [0.3, 0.4) is 0 Å². The van der Waals surface area contributed by atoms with Crippen molar-refractivity contribution in [2.24, 2.45) is 0 Å². The Balaban J connectivity index is 1.90. The van der Waals surface area contributed by atoms with Crippen molar-refractivity contribution in [1.29, 1.82) is 0 Å². The summed E-state index contributed by atoms with van der Waals surface area (Å²) in [6.07, 6.45) is 3.34. The van der Waals surface area contributed by atoms with Crippen molar-refractivity contribution >= 4 is 22.9 Å². The highest BCUT2D eigenvalue weighted by Gasteiger charge is 2.02. The minimum absolute atomic E-state index is 0.00286. The Kier molecular flexibility index (Phi) is 4.49. The maximum atomic E-state index is 11.6. The normalized spacial score (nSPS) is 10.8. The maximum absolute atomic E-state index is 11.6. The van der Waals surface area contributed by atoms with Crippen molar-refractivity contribution in [2.45, 2.75) is 32.2 Å². The van der Waals surface area contributed by atoms with Gasteiger partial charge in [0.2, 0.25) is 0 Å². The van der Waals surface area contributed by atoms with Gasteiger partial charge in [0.1, 0.15) is 0 Å². The average Bonchev–Trinajstić information content (AvgIpc) is 2.80. The number of alkyl halides is 1. The monoisotopic (exact) mass is 283 g/mol. The molecule has 0 atom stereocenters. The number of aryl methyl sites for hydroxylation is 3. The third-order valence-corrected chi connectivity index (χ3v) is 3.77. The molecule has 0 saturated carbocycles. The van der Waals surface area contributed by atoms with E-state index in [0.717, 1.165) is 29.2 Å². The van der Waals surface area contributed by atoms with Crippen molar-refractivity contribution in [2.75, 3.05) is 0 Å². The summed E-state index contributed by atoms with van der Waals surface area (Å²) in [5.41, 5.74) is 1.68. The van der Waals surface area contributed by atoms with Gasteiger partial charge < -0.3 is 0 Å². The summed E-state index contributed by atoms with van der Waals surface area (Å²) in [5, 5.41) is 3.04. The van der Waals surface area contributed by atoms with Crippen molar-refractivity contribution in [3.8, 4) is 0 Å². The van der Waals surface area contributed by atoms with E-state index in [2.05, 4.69) is 9.97 Å². The number of halogens is 1. The minimum atomic E-state index is 0.00286. The van der Waals surface area contributed by atoms with Gasteiger partial charge >= 0.3 is 0 Å². The van der Waals surface area contributed by atoms with Gasteiger partial charge in [-0.15, -0.1) is 22.9 Å². The highest BCUT2D eigenvalue weighted by molar-refractivity contribution is 7.09. The second kappa shape index (κ2) is 6.11. The summed E-state index contributed by atoms with van der Waals surface area (Å²) < 4.78 is 1.63. The molecule has 2 heterocycles. The van der Waals surface area contributed by atoms with Gasteiger partial charge in [-0.2, -0.15) is 0 Å². The number of rotatable bonds is 5. The van der Waals surface area contributed by atoms with Crippen LogP contribution >= 0.6 is 22.9 Å². The van der Waals surface area contributed by atoms with Crippen LogP contribution in [-0.2, 0) is 18.8 Å². The molecule has 0 unspecified atom stereocenters. The second-order valence-electron chi connectivity index (χ2n) is 4.03. The molecule has 0 radical (unpaired) electrons. The molecular weight excluding hydrogens is 270 g/mol. The second-order valence-corrected chi connectivity index (χ2v) is 5.24. The predicted molar refractivity (Wildman–Crippen MR) is 73.2 cm³/mol. The smallest absolute Gasteiger partial charge is 0.253 e. The van der Waals surface area contributed by atoms with Gasteiger partial charge in [0.05, 0.1) is 22.9 Å². The third kappa shape index (κ3) is 3.40. The Bertz CT molecular complexity index is 579. The summed E-state index contributed by atoms with van der Waals surface area (Å²) in [7, 11) is 0. The van der Waals surface area contributed by atoms with Crippen LogP contribution in [0, 0.1) is 6.92 Å². The molecule has 0 aromatic carbocycles. The van der Waals surface area contributed by atoms with Crippen LogP contribution in [0.25, 0.3) is 0 Å². The number of nitrogens with zero attached hydrogens (tertiary/aromatic N) is 3. The highest BCUT2D eigenvalue weighted by atomic mass is 35.5. The number of hydrogen-bond donors (Lipinski definition) is 0. The lowest BCUT2D eigenvalue weighted by atomic mass is 10.3. The summed E-state index contributed by atoms with van der Waals surface area (Å²) in [5.74, 6) is 0.456. The molecule has 2 aromatic rings. The van der Waals surface area contributed by atoms with Crippen molar-refractivity contribution in [3.05, 3.63) is 44.5 Å². The first-order chi connectivity index (χ1) is 8.69. The molecule has 0 spiro atoms. The van der Waals surface area contributed by atoms with E-state index in [1.807, 2.05) is 12.3 Å². The van der Waals surface area contributed by atoms with E-state index in [1.165, 1.54) is 0 Å². The Morgan fingerprint density at radius 2 is 2.33 bits per heavy atom. The van der Waals surface area contributed by atoms with Crippen LogP contribution in [0.5, 0.6) is 0 Å². The first kappa shape index (κ1) is 13.2. The summed E-state index contributed by atoms with van der Waals surface area (Å²) in [6, 6.07) is 1.55. The van der Waals surface area contributed by atoms with Crippen LogP contribution in [0.4, 0.5) is 0 Å².